The second-order valence-corrected chi connectivity index (χ2v) is 8.20. The highest BCUT2D eigenvalue weighted by molar-refractivity contribution is 6.33. The van der Waals surface area contributed by atoms with E-state index in [2.05, 4.69) is 15.7 Å². The molecule has 0 saturated heterocycles. The maximum absolute atomic E-state index is 13.4. The zero-order valence-electron chi connectivity index (χ0n) is 18.4. The summed E-state index contributed by atoms with van der Waals surface area (Å²) >= 11 is 6.23. The number of hydrogen-bond donors (Lipinski definition) is 2. The smallest absolute Gasteiger partial charge is 0.355 e. The number of nitrogens with zero attached hydrogens (tertiary/aromatic N) is 2. The molecular formula is C25H20ClF3N4O2. The van der Waals surface area contributed by atoms with Gasteiger partial charge in [-0.05, 0) is 54.1 Å². The number of benzene rings is 3. The first-order chi connectivity index (χ1) is 16.7. The highest BCUT2D eigenvalue weighted by Gasteiger charge is 2.44. The van der Waals surface area contributed by atoms with Gasteiger partial charge in [0, 0.05) is 30.3 Å². The number of halogens is 4. The highest BCUT2D eigenvalue weighted by atomic mass is 35.5. The van der Waals surface area contributed by atoms with Crippen LogP contribution < -0.4 is 15.6 Å². The van der Waals surface area contributed by atoms with Gasteiger partial charge in [-0.3, -0.25) is 14.6 Å². The molecule has 1 heterocycles. The summed E-state index contributed by atoms with van der Waals surface area (Å²) in [5, 5.41) is 10.6. The molecule has 35 heavy (non-hydrogen) atoms. The first kappa shape index (κ1) is 24.3. The van der Waals surface area contributed by atoms with E-state index >= 15 is 0 Å². The van der Waals surface area contributed by atoms with Crippen LogP contribution in [0.3, 0.4) is 0 Å². The molecular weight excluding hydrogens is 481 g/mol. The Morgan fingerprint density at radius 2 is 1.54 bits per heavy atom. The first-order valence-electron chi connectivity index (χ1n) is 10.6. The van der Waals surface area contributed by atoms with Crippen LogP contribution >= 0.6 is 11.6 Å². The summed E-state index contributed by atoms with van der Waals surface area (Å²) in [6.45, 7) is 0. The fourth-order valence-electron chi connectivity index (χ4n) is 3.71. The van der Waals surface area contributed by atoms with Crippen LogP contribution in [-0.2, 0) is 0 Å². The van der Waals surface area contributed by atoms with Gasteiger partial charge in [-0.15, -0.1) is 0 Å². The number of amides is 2. The van der Waals surface area contributed by atoms with Gasteiger partial charge < -0.3 is 10.6 Å². The van der Waals surface area contributed by atoms with Crippen molar-refractivity contribution in [3.63, 3.8) is 0 Å². The van der Waals surface area contributed by atoms with E-state index in [-0.39, 0.29) is 17.4 Å². The van der Waals surface area contributed by atoms with Crippen molar-refractivity contribution in [2.45, 2.75) is 18.6 Å². The minimum absolute atomic E-state index is 0.242. The van der Waals surface area contributed by atoms with E-state index in [9.17, 15) is 22.8 Å². The van der Waals surface area contributed by atoms with Crippen LogP contribution in [0.25, 0.3) is 0 Å². The van der Waals surface area contributed by atoms with Gasteiger partial charge >= 0.3 is 6.18 Å². The molecule has 0 spiro atoms. The second kappa shape index (κ2) is 9.79. The number of hydrogen-bond acceptors (Lipinski definition) is 4. The summed E-state index contributed by atoms with van der Waals surface area (Å²) < 4.78 is 40.3. The highest BCUT2D eigenvalue weighted by Crippen LogP contribution is 2.41. The summed E-state index contributed by atoms with van der Waals surface area (Å²) in [6, 6.07) is 18.5. The van der Waals surface area contributed by atoms with Crippen LogP contribution in [0.4, 0.5) is 24.5 Å². The van der Waals surface area contributed by atoms with Crippen molar-refractivity contribution < 1.29 is 22.8 Å². The van der Waals surface area contributed by atoms with Crippen LogP contribution in [-0.4, -0.2) is 30.8 Å². The van der Waals surface area contributed by atoms with Crippen molar-refractivity contribution in [3.8, 4) is 0 Å². The van der Waals surface area contributed by atoms with Crippen LogP contribution in [0.15, 0.2) is 77.9 Å². The zero-order valence-corrected chi connectivity index (χ0v) is 19.2. The van der Waals surface area contributed by atoms with Gasteiger partial charge in [-0.25, -0.2) is 0 Å². The Bertz CT molecular complexity index is 1280. The van der Waals surface area contributed by atoms with Crippen molar-refractivity contribution in [3.05, 3.63) is 94.5 Å². The Labute approximate surface area is 204 Å². The summed E-state index contributed by atoms with van der Waals surface area (Å²) in [4.78, 5) is 24.3. The number of anilines is 2. The number of carbonyl (C=O) groups is 2. The molecule has 1 aliphatic heterocycles. The molecule has 10 heteroatoms. The van der Waals surface area contributed by atoms with E-state index in [0.717, 1.165) is 0 Å². The maximum Gasteiger partial charge on any atom is 0.431 e. The third kappa shape index (κ3) is 5.30. The summed E-state index contributed by atoms with van der Waals surface area (Å²) in [7, 11) is 1.52. The van der Waals surface area contributed by atoms with Gasteiger partial charge in [0.1, 0.15) is 5.71 Å². The minimum atomic E-state index is -4.57. The Morgan fingerprint density at radius 3 is 2.14 bits per heavy atom. The molecule has 2 amide bonds. The predicted octanol–water partition coefficient (Wildman–Crippen LogP) is 5.82. The van der Waals surface area contributed by atoms with Gasteiger partial charge in [0.25, 0.3) is 11.8 Å². The predicted molar refractivity (Wildman–Crippen MR) is 129 cm³/mol. The third-order valence-electron chi connectivity index (χ3n) is 5.53. The molecule has 3 aromatic rings. The average molecular weight is 501 g/mol. The Hall–Kier alpha value is -3.85. The normalized spacial score (nSPS) is 15.5. The van der Waals surface area contributed by atoms with Gasteiger partial charge in [-0.1, -0.05) is 35.9 Å². The van der Waals surface area contributed by atoms with E-state index < -0.39 is 23.8 Å². The van der Waals surface area contributed by atoms with Gasteiger partial charge in [-0.2, -0.15) is 18.3 Å². The lowest BCUT2D eigenvalue weighted by Crippen LogP contribution is -2.21. The quantitative estimate of drug-likeness (QED) is 0.463. The number of nitrogens with one attached hydrogen (secondary N) is 2. The molecule has 6 nitrogen and oxygen atoms in total. The Kier molecular flexibility index (Phi) is 6.79. The minimum Gasteiger partial charge on any atom is -0.355 e. The second-order valence-electron chi connectivity index (χ2n) is 7.79. The molecule has 0 saturated carbocycles. The monoisotopic (exact) mass is 500 g/mol. The Balaban J connectivity index is 1.53. The number of carbonyl (C=O) groups excluding carboxylic acids is 2. The largest absolute Gasteiger partial charge is 0.431 e. The van der Waals surface area contributed by atoms with Crippen LogP contribution in [0.1, 0.15) is 38.7 Å². The number of hydrazone groups is 1. The number of alkyl halides is 3. The molecule has 1 aliphatic rings. The van der Waals surface area contributed by atoms with E-state index in [1.54, 1.807) is 72.8 Å². The topological polar surface area (TPSA) is 73.8 Å². The lowest BCUT2D eigenvalue weighted by atomic mass is 9.99. The molecule has 4 rings (SSSR count). The standard InChI is InChI=1S/C25H20ClF3N4O2/c1-30-23(34)16-10-12-18(13-11-16)31-24(35)17-8-6-15(7-9-17)21-14-22(25(27,28)29)32-33(21)20-5-3-2-4-19(20)26/h2-13,21H,14H2,1H3,(H,30,34)(H,31,35). The van der Waals surface area contributed by atoms with Crippen molar-refractivity contribution in [2.75, 3.05) is 17.4 Å². The molecule has 180 valence electrons. The molecule has 0 aliphatic carbocycles. The summed E-state index contributed by atoms with van der Waals surface area (Å²) in [5.41, 5.74) is 1.29. The number of para-hydroxylation sites is 1. The van der Waals surface area contributed by atoms with E-state index in [0.29, 0.717) is 28.1 Å². The molecule has 1 unspecified atom stereocenters. The molecule has 0 fully saturated rings. The molecule has 2 N–H and O–H groups in total. The van der Waals surface area contributed by atoms with Gasteiger partial charge in [0.15, 0.2) is 0 Å². The Morgan fingerprint density at radius 1 is 0.943 bits per heavy atom. The fraction of sp³-hybridized carbons (Fsp3) is 0.160. The van der Waals surface area contributed by atoms with Gasteiger partial charge in [0.2, 0.25) is 0 Å². The fourth-order valence-corrected chi connectivity index (χ4v) is 3.93. The first-order valence-corrected chi connectivity index (χ1v) is 11.0. The van der Waals surface area contributed by atoms with Crippen LogP contribution in [0.2, 0.25) is 5.02 Å². The van der Waals surface area contributed by atoms with E-state index in [4.69, 9.17) is 11.6 Å². The van der Waals surface area contributed by atoms with Crippen LogP contribution in [0, 0.1) is 0 Å². The van der Waals surface area contributed by atoms with E-state index in [1.165, 1.54) is 12.1 Å². The summed E-state index contributed by atoms with van der Waals surface area (Å²) in [5.74, 6) is -0.639. The molecule has 0 aromatic heterocycles. The van der Waals surface area contributed by atoms with Crippen molar-refractivity contribution in [1.29, 1.82) is 0 Å². The maximum atomic E-state index is 13.4. The molecule has 0 radical (unpaired) electrons. The zero-order chi connectivity index (χ0) is 25.2. The van der Waals surface area contributed by atoms with Crippen LogP contribution in [0.5, 0.6) is 0 Å². The van der Waals surface area contributed by atoms with Crippen molar-refractivity contribution >= 4 is 40.5 Å². The van der Waals surface area contributed by atoms with E-state index in [1.807, 2.05) is 0 Å². The summed E-state index contributed by atoms with van der Waals surface area (Å²) in [6.07, 6.45) is -4.92. The lowest BCUT2D eigenvalue weighted by Gasteiger charge is -2.25. The lowest BCUT2D eigenvalue weighted by molar-refractivity contribution is -0.0600. The van der Waals surface area contributed by atoms with Crippen molar-refractivity contribution in [1.82, 2.24) is 5.32 Å². The molecule has 1 atom stereocenters. The van der Waals surface area contributed by atoms with Gasteiger partial charge in [0.05, 0.1) is 16.8 Å². The molecule has 3 aromatic carbocycles. The van der Waals surface area contributed by atoms with Crippen molar-refractivity contribution in [2.24, 2.45) is 5.10 Å². The SMILES string of the molecule is CNC(=O)c1ccc(NC(=O)c2ccc(C3CC(C(F)(F)F)=NN3c3ccccc3Cl)cc2)cc1. The third-order valence-corrected chi connectivity index (χ3v) is 5.85. The number of rotatable bonds is 5. The molecule has 0 bridgehead atoms. The average Bonchev–Trinajstić information content (AvgIpc) is 3.30.